The van der Waals surface area contributed by atoms with Crippen LogP contribution in [0.3, 0.4) is 0 Å². The summed E-state index contributed by atoms with van der Waals surface area (Å²) in [5, 5.41) is 2.85. The summed E-state index contributed by atoms with van der Waals surface area (Å²) >= 11 is 0. The molecule has 3 amide bonds. The van der Waals surface area contributed by atoms with Crippen molar-refractivity contribution in [2.75, 3.05) is 46.2 Å². The van der Waals surface area contributed by atoms with Crippen LogP contribution in [0.1, 0.15) is 18.4 Å². The topological polar surface area (TPSA) is 71.1 Å². The first kappa shape index (κ1) is 19.1. The maximum Gasteiger partial charge on any atom is 0.321 e. The van der Waals surface area contributed by atoms with Crippen molar-refractivity contribution in [2.24, 2.45) is 0 Å². The number of nitrogens with zero attached hydrogens (tertiary/aromatic N) is 2. The molecule has 0 bridgehead atoms. The summed E-state index contributed by atoms with van der Waals surface area (Å²) in [5.74, 6) is 0.336. The molecule has 2 rings (SSSR count). The predicted octanol–water partition coefficient (Wildman–Crippen LogP) is 2.10. The quantitative estimate of drug-likeness (QED) is 0.854. The van der Waals surface area contributed by atoms with Crippen molar-refractivity contribution < 1.29 is 19.1 Å². The number of rotatable bonds is 6. The van der Waals surface area contributed by atoms with Crippen LogP contribution in [0.5, 0.6) is 5.75 Å². The normalized spacial score (nSPS) is 16.4. The van der Waals surface area contributed by atoms with E-state index in [1.54, 1.807) is 38.2 Å². The smallest absolute Gasteiger partial charge is 0.321 e. The number of urea groups is 1. The number of carbonyl (C=O) groups is 2. The molecule has 138 valence electrons. The molecular weight excluding hydrogens is 322 g/mol. The lowest BCUT2D eigenvalue weighted by Gasteiger charge is -2.22. The summed E-state index contributed by atoms with van der Waals surface area (Å²) in [6.07, 6.45) is 2.11. The van der Waals surface area contributed by atoms with Crippen LogP contribution in [-0.2, 0) is 9.53 Å². The second-order valence-corrected chi connectivity index (χ2v) is 6.52. The van der Waals surface area contributed by atoms with Crippen molar-refractivity contribution >= 4 is 17.6 Å². The fourth-order valence-electron chi connectivity index (χ4n) is 2.51. The Bertz CT molecular complexity index is 612. The van der Waals surface area contributed by atoms with Gasteiger partial charge in [-0.2, -0.15) is 0 Å². The highest BCUT2D eigenvalue weighted by Crippen LogP contribution is 2.26. The Hall–Kier alpha value is -2.28. The van der Waals surface area contributed by atoms with Crippen LogP contribution < -0.4 is 10.1 Å². The third-order valence-corrected chi connectivity index (χ3v) is 4.08. The second-order valence-electron chi connectivity index (χ2n) is 6.52. The first-order chi connectivity index (χ1) is 11.9. The van der Waals surface area contributed by atoms with Crippen LogP contribution in [0, 0.1) is 6.92 Å². The molecule has 1 heterocycles. The lowest BCUT2D eigenvalue weighted by Crippen LogP contribution is -2.37. The number of anilines is 1. The average molecular weight is 349 g/mol. The van der Waals surface area contributed by atoms with Gasteiger partial charge in [-0.3, -0.25) is 4.79 Å². The highest BCUT2D eigenvalue weighted by molar-refractivity contribution is 5.91. The molecule has 1 saturated heterocycles. The van der Waals surface area contributed by atoms with E-state index in [-0.39, 0.29) is 24.6 Å². The van der Waals surface area contributed by atoms with Crippen molar-refractivity contribution in [1.29, 1.82) is 0 Å². The van der Waals surface area contributed by atoms with Gasteiger partial charge in [0.2, 0.25) is 0 Å². The maximum absolute atomic E-state index is 12.4. The van der Waals surface area contributed by atoms with E-state index in [0.717, 1.165) is 25.0 Å². The van der Waals surface area contributed by atoms with E-state index in [2.05, 4.69) is 5.32 Å². The van der Waals surface area contributed by atoms with Crippen molar-refractivity contribution in [3.05, 3.63) is 23.8 Å². The van der Waals surface area contributed by atoms with Crippen LogP contribution in [0.2, 0.25) is 0 Å². The van der Waals surface area contributed by atoms with Crippen LogP contribution in [0.25, 0.3) is 0 Å². The molecule has 0 unspecified atom stereocenters. The van der Waals surface area contributed by atoms with E-state index in [9.17, 15) is 9.59 Å². The number of carbonyl (C=O) groups excluding carboxylic acids is 2. The van der Waals surface area contributed by atoms with Gasteiger partial charge in [-0.15, -0.1) is 0 Å². The van der Waals surface area contributed by atoms with Gasteiger partial charge >= 0.3 is 6.03 Å². The highest BCUT2D eigenvalue weighted by Gasteiger charge is 2.21. The van der Waals surface area contributed by atoms with E-state index in [4.69, 9.17) is 9.47 Å². The summed E-state index contributed by atoms with van der Waals surface area (Å²) in [4.78, 5) is 27.2. The maximum atomic E-state index is 12.4. The molecule has 1 aromatic carbocycles. The minimum Gasteiger partial charge on any atom is -0.482 e. The van der Waals surface area contributed by atoms with Gasteiger partial charge in [0.25, 0.3) is 5.91 Å². The zero-order chi connectivity index (χ0) is 18.4. The molecule has 1 N–H and O–H groups in total. The molecular formula is C18H27N3O4. The average Bonchev–Trinajstić information content (AvgIpc) is 3.07. The minimum atomic E-state index is -0.233. The largest absolute Gasteiger partial charge is 0.482 e. The van der Waals surface area contributed by atoms with Gasteiger partial charge in [0.1, 0.15) is 5.75 Å². The molecule has 1 atom stereocenters. The Kier molecular flexibility index (Phi) is 6.64. The molecule has 7 heteroatoms. The molecule has 7 nitrogen and oxygen atoms in total. The zero-order valence-electron chi connectivity index (χ0n) is 15.4. The van der Waals surface area contributed by atoms with Crippen molar-refractivity contribution in [2.45, 2.75) is 25.9 Å². The first-order valence-corrected chi connectivity index (χ1v) is 8.44. The fourth-order valence-corrected chi connectivity index (χ4v) is 2.51. The number of aryl methyl sites for hydroxylation is 1. The van der Waals surface area contributed by atoms with Gasteiger partial charge in [0.15, 0.2) is 6.61 Å². The van der Waals surface area contributed by atoms with Crippen LogP contribution in [-0.4, -0.2) is 68.7 Å². The Morgan fingerprint density at radius 1 is 1.32 bits per heavy atom. The lowest BCUT2D eigenvalue weighted by molar-refractivity contribution is -0.130. The molecule has 0 aromatic heterocycles. The zero-order valence-corrected chi connectivity index (χ0v) is 15.4. The first-order valence-electron chi connectivity index (χ1n) is 8.44. The monoisotopic (exact) mass is 349 g/mol. The summed E-state index contributed by atoms with van der Waals surface area (Å²) in [5.41, 5.74) is 1.53. The van der Waals surface area contributed by atoms with Crippen molar-refractivity contribution in [3.8, 4) is 5.75 Å². The number of ether oxygens (including phenoxy) is 2. The van der Waals surface area contributed by atoms with E-state index < -0.39 is 0 Å². The van der Waals surface area contributed by atoms with Gasteiger partial charge in [0, 0.05) is 34.3 Å². The lowest BCUT2D eigenvalue weighted by atomic mass is 10.2. The van der Waals surface area contributed by atoms with Gasteiger partial charge in [-0.05, 0) is 37.5 Å². The van der Waals surface area contributed by atoms with Gasteiger partial charge in [0.05, 0.1) is 11.8 Å². The Morgan fingerprint density at radius 3 is 2.72 bits per heavy atom. The molecule has 1 aliphatic rings. The standard InChI is InChI=1S/C18H27N3O4/c1-13-7-8-15(16(10-13)25-12-17(22)20(2)3)19-18(23)21(4)11-14-6-5-9-24-14/h7-8,10,14H,5-6,9,11-12H2,1-4H3,(H,19,23)/t14-/m0/s1. The number of nitrogens with one attached hydrogen (secondary N) is 1. The Balaban J connectivity index is 1.99. The van der Waals surface area contributed by atoms with Crippen LogP contribution >= 0.6 is 0 Å². The number of amides is 3. The molecule has 1 aliphatic heterocycles. The SMILES string of the molecule is Cc1ccc(NC(=O)N(C)C[C@@H]2CCCO2)c(OCC(=O)N(C)C)c1. The van der Waals surface area contributed by atoms with E-state index in [1.807, 2.05) is 13.0 Å². The summed E-state index contributed by atoms with van der Waals surface area (Å²) in [6.45, 7) is 3.16. The number of benzene rings is 1. The van der Waals surface area contributed by atoms with Gasteiger partial charge in [-0.1, -0.05) is 6.07 Å². The second kappa shape index (κ2) is 8.71. The summed E-state index contributed by atoms with van der Waals surface area (Å²) < 4.78 is 11.2. The minimum absolute atomic E-state index is 0.0783. The Labute approximate surface area is 148 Å². The van der Waals surface area contributed by atoms with Crippen molar-refractivity contribution in [1.82, 2.24) is 9.80 Å². The molecule has 0 saturated carbocycles. The molecule has 0 aliphatic carbocycles. The molecule has 1 aromatic rings. The number of likely N-dealkylation sites (N-methyl/N-ethyl adjacent to an activating group) is 2. The fraction of sp³-hybridized carbons (Fsp3) is 0.556. The van der Waals surface area contributed by atoms with Crippen LogP contribution in [0.4, 0.5) is 10.5 Å². The predicted molar refractivity (Wildman–Crippen MR) is 96.0 cm³/mol. The third kappa shape index (κ3) is 5.63. The van der Waals surface area contributed by atoms with Crippen LogP contribution in [0.15, 0.2) is 18.2 Å². The highest BCUT2D eigenvalue weighted by atomic mass is 16.5. The number of hydrogen-bond donors (Lipinski definition) is 1. The summed E-state index contributed by atoms with van der Waals surface area (Å²) in [6, 6.07) is 5.24. The van der Waals surface area contributed by atoms with E-state index in [1.165, 1.54) is 4.90 Å². The molecule has 0 radical (unpaired) electrons. The van der Waals surface area contributed by atoms with E-state index >= 15 is 0 Å². The molecule has 0 spiro atoms. The van der Waals surface area contributed by atoms with Gasteiger partial charge in [-0.25, -0.2) is 4.79 Å². The van der Waals surface area contributed by atoms with Crippen molar-refractivity contribution in [3.63, 3.8) is 0 Å². The summed E-state index contributed by atoms with van der Waals surface area (Å²) in [7, 11) is 5.08. The Morgan fingerprint density at radius 2 is 2.08 bits per heavy atom. The van der Waals surface area contributed by atoms with Gasteiger partial charge < -0.3 is 24.6 Å². The molecule has 25 heavy (non-hydrogen) atoms. The third-order valence-electron chi connectivity index (χ3n) is 4.08. The van der Waals surface area contributed by atoms with E-state index in [0.29, 0.717) is 18.0 Å². The number of hydrogen-bond acceptors (Lipinski definition) is 4. The molecule has 1 fully saturated rings.